The van der Waals surface area contributed by atoms with Gasteiger partial charge in [-0.2, -0.15) is 5.10 Å². The van der Waals surface area contributed by atoms with Crippen molar-refractivity contribution in [2.24, 2.45) is 5.10 Å². The number of benzene rings is 2. The maximum atomic E-state index is 6.07. The van der Waals surface area contributed by atoms with E-state index in [0.717, 1.165) is 18.5 Å². The zero-order valence-electron chi connectivity index (χ0n) is 14.4. The molecule has 0 bridgehead atoms. The largest absolute Gasteiger partial charge is 0.282 e. The second-order valence-electron chi connectivity index (χ2n) is 6.45. The molecule has 1 fully saturated rings. The lowest BCUT2D eigenvalue weighted by molar-refractivity contribution is 0.205. The van der Waals surface area contributed by atoms with E-state index in [2.05, 4.69) is 70.7 Å². The van der Waals surface area contributed by atoms with Gasteiger partial charge in [-0.1, -0.05) is 72.3 Å². The SMILES string of the molecule is Clc1ccnc(/C=N/N2[C@H](c3ccccc3)CC[C@H]2c2ccccc2)c1. The smallest absolute Gasteiger partial charge is 0.0845 e. The van der Waals surface area contributed by atoms with Crippen LogP contribution in [0.3, 0.4) is 0 Å². The van der Waals surface area contributed by atoms with Crippen molar-refractivity contribution in [1.29, 1.82) is 0 Å². The summed E-state index contributed by atoms with van der Waals surface area (Å²) in [5.74, 6) is 0. The average Bonchev–Trinajstić information content (AvgIpc) is 3.12. The van der Waals surface area contributed by atoms with Gasteiger partial charge in [-0.15, -0.1) is 0 Å². The molecular weight excluding hydrogens is 342 g/mol. The number of nitrogens with zero attached hydrogens (tertiary/aromatic N) is 3. The minimum Gasteiger partial charge on any atom is -0.282 e. The van der Waals surface area contributed by atoms with Crippen molar-refractivity contribution in [3.05, 3.63) is 101 Å². The lowest BCUT2D eigenvalue weighted by atomic mass is 10.0. The Morgan fingerprint density at radius 3 is 2.00 bits per heavy atom. The van der Waals surface area contributed by atoms with E-state index >= 15 is 0 Å². The van der Waals surface area contributed by atoms with E-state index in [0.29, 0.717) is 5.02 Å². The Balaban J connectivity index is 1.67. The molecule has 3 aromatic rings. The zero-order chi connectivity index (χ0) is 17.8. The van der Waals surface area contributed by atoms with Gasteiger partial charge in [0.1, 0.15) is 0 Å². The van der Waals surface area contributed by atoms with Crippen LogP contribution in [0.25, 0.3) is 0 Å². The fraction of sp³-hybridized carbons (Fsp3) is 0.182. The molecule has 0 amide bonds. The Hall–Kier alpha value is -2.65. The molecule has 0 saturated carbocycles. The molecule has 0 unspecified atom stereocenters. The first-order valence-corrected chi connectivity index (χ1v) is 9.23. The van der Waals surface area contributed by atoms with Crippen molar-refractivity contribution in [3.8, 4) is 0 Å². The van der Waals surface area contributed by atoms with Crippen LogP contribution in [0, 0.1) is 0 Å². The number of hydrazone groups is 1. The maximum absolute atomic E-state index is 6.07. The third kappa shape index (κ3) is 3.63. The molecule has 2 heterocycles. The molecule has 0 spiro atoms. The van der Waals surface area contributed by atoms with Crippen LogP contribution >= 0.6 is 11.6 Å². The third-order valence-corrected chi connectivity index (χ3v) is 5.02. The van der Waals surface area contributed by atoms with Crippen molar-refractivity contribution in [2.75, 3.05) is 0 Å². The van der Waals surface area contributed by atoms with Crippen LogP contribution in [0.2, 0.25) is 5.02 Å². The van der Waals surface area contributed by atoms with E-state index in [4.69, 9.17) is 16.7 Å². The van der Waals surface area contributed by atoms with Gasteiger partial charge in [0.25, 0.3) is 0 Å². The van der Waals surface area contributed by atoms with Crippen LogP contribution in [-0.4, -0.2) is 16.2 Å². The van der Waals surface area contributed by atoms with E-state index in [1.807, 2.05) is 12.3 Å². The Labute approximate surface area is 159 Å². The molecule has 2 atom stereocenters. The molecule has 0 N–H and O–H groups in total. The van der Waals surface area contributed by atoms with E-state index in [9.17, 15) is 0 Å². The summed E-state index contributed by atoms with van der Waals surface area (Å²) in [5, 5.41) is 7.72. The van der Waals surface area contributed by atoms with Crippen LogP contribution in [-0.2, 0) is 0 Å². The average molecular weight is 362 g/mol. The Morgan fingerprint density at radius 1 is 0.885 bits per heavy atom. The Kier molecular flexibility index (Phi) is 4.98. The van der Waals surface area contributed by atoms with Gasteiger partial charge in [0.2, 0.25) is 0 Å². The highest BCUT2D eigenvalue weighted by Crippen LogP contribution is 2.44. The lowest BCUT2D eigenvalue weighted by Gasteiger charge is -2.28. The maximum Gasteiger partial charge on any atom is 0.0845 e. The fourth-order valence-electron chi connectivity index (χ4n) is 3.57. The monoisotopic (exact) mass is 361 g/mol. The molecule has 1 saturated heterocycles. The van der Waals surface area contributed by atoms with E-state index in [1.165, 1.54) is 11.1 Å². The predicted octanol–water partition coefficient (Wildman–Crippen LogP) is 5.65. The fourth-order valence-corrected chi connectivity index (χ4v) is 3.73. The van der Waals surface area contributed by atoms with Gasteiger partial charge in [0.05, 0.1) is 24.0 Å². The van der Waals surface area contributed by atoms with Crippen molar-refractivity contribution in [2.45, 2.75) is 24.9 Å². The molecule has 2 aromatic carbocycles. The first kappa shape index (κ1) is 16.8. The van der Waals surface area contributed by atoms with Crippen LogP contribution in [0.15, 0.2) is 84.1 Å². The van der Waals surface area contributed by atoms with Gasteiger partial charge in [-0.05, 0) is 36.1 Å². The Bertz CT molecular complexity index is 833. The number of hydrogen-bond donors (Lipinski definition) is 0. The highest BCUT2D eigenvalue weighted by Gasteiger charge is 2.34. The Morgan fingerprint density at radius 2 is 1.46 bits per heavy atom. The van der Waals surface area contributed by atoms with Gasteiger partial charge in [0, 0.05) is 11.2 Å². The molecule has 1 aliphatic rings. The highest BCUT2D eigenvalue weighted by molar-refractivity contribution is 6.30. The molecule has 3 nitrogen and oxygen atoms in total. The minimum absolute atomic E-state index is 0.261. The first-order valence-electron chi connectivity index (χ1n) is 8.85. The molecule has 4 rings (SSSR count). The standard InChI is InChI=1S/C22H20ClN3/c23-19-13-14-24-20(15-19)16-25-26-21(17-7-3-1-4-8-17)11-12-22(26)18-9-5-2-6-10-18/h1-10,13-16,21-22H,11-12H2/b25-16+/t21-,22-/m0/s1. The van der Waals surface area contributed by atoms with Crippen LogP contribution < -0.4 is 0 Å². The van der Waals surface area contributed by atoms with Crippen LogP contribution in [0.4, 0.5) is 0 Å². The quantitative estimate of drug-likeness (QED) is 0.562. The molecule has 0 aliphatic carbocycles. The molecule has 26 heavy (non-hydrogen) atoms. The summed E-state index contributed by atoms with van der Waals surface area (Å²) >= 11 is 6.07. The van der Waals surface area contributed by atoms with Gasteiger partial charge in [-0.25, -0.2) is 0 Å². The summed E-state index contributed by atoms with van der Waals surface area (Å²) in [4.78, 5) is 4.34. The summed E-state index contributed by atoms with van der Waals surface area (Å²) in [5.41, 5.74) is 3.35. The summed E-state index contributed by atoms with van der Waals surface area (Å²) in [6.07, 6.45) is 5.66. The van der Waals surface area contributed by atoms with Crippen molar-refractivity contribution < 1.29 is 0 Å². The molecular formula is C22H20ClN3. The van der Waals surface area contributed by atoms with Gasteiger partial charge in [0.15, 0.2) is 0 Å². The van der Waals surface area contributed by atoms with Crippen LogP contribution in [0.5, 0.6) is 0 Å². The number of pyridine rings is 1. The third-order valence-electron chi connectivity index (χ3n) is 4.79. The summed E-state index contributed by atoms with van der Waals surface area (Å²) in [6, 6.07) is 25.3. The topological polar surface area (TPSA) is 28.5 Å². The van der Waals surface area contributed by atoms with E-state index < -0.39 is 0 Å². The van der Waals surface area contributed by atoms with Gasteiger partial charge < -0.3 is 0 Å². The lowest BCUT2D eigenvalue weighted by Crippen LogP contribution is -2.21. The van der Waals surface area contributed by atoms with Crippen molar-refractivity contribution in [3.63, 3.8) is 0 Å². The second kappa shape index (κ2) is 7.71. The zero-order valence-corrected chi connectivity index (χ0v) is 15.1. The number of halogens is 1. The highest BCUT2D eigenvalue weighted by atomic mass is 35.5. The van der Waals surface area contributed by atoms with E-state index in [-0.39, 0.29) is 12.1 Å². The normalized spacial score (nSPS) is 20.0. The molecule has 0 radical (unpaired) electrons. The molecule has 1 aromatic heterocycles. The molecule has 4 heteroatoms. The number of rotatable bonds is 4. The predicted molar refractivity (Wildman–Crippen MR) is 106 cm³/mol. The number of hydrogen-bond acceptors (Lipinski definition) is 3. The number of aromatic nitrogens is 1. The molecule has 1 aliphatic heterocycles. The summed E-state index contributed by atoms with van der Waals surface area (Å²) < 4.78 is 0. The summed E-state index contributed by atoms with van der Waals surface area (Å²) in [7, 11) is 0. The van der Waals surface area contributed by atoms with Gasteiger partial charge >= 0.3 is 0 Å². The van der Waals surface area contributed by atoms with Gasteiger partial charge in [-0.3, -0.25) is 9.99 Å². The second-order valence-corrected chi connectivity index (χ2v) is 6.89. The van der Waals surface area contributed by atoms with Crippen molar-refractivity contribution in [1.82, 2.24) is 9.99 Å². The van der Waals surface area contributed by atoms with Crippen LogP contribution in [0.1, 0.15) is 41.7 Å². The van der Waals surface area contributed by atoms with E-state index in [1.54, 1.807) is 12.3 Å². The molecule has 130 valence electrons. The summed E-state index contributed by atoms with van der Waals surface area (Å²) in [6.45, 7) is 0. The first-order chi connectivity index (χ1) is 12.8. The minimum atomic E-state index is 0.261. The van der Waals surface area contributed by atoms with Crippen molar-refractivity contribution >= 4 is 17.8 Å².